The van der Waals surface area contributed by atoms with E-state index in [4.69, 9.17) is 4.74 Å². The molecule has 1 aromatic heterocycles. The zero-order valence-electron chi connectivity index (χ0n) is 14.6. The molecule has 0 radical (unpaired) electrons. The van der Waals surface area contributed by atoms with E-state index >= 15 is 0 Å². The summed E-state index contributed by atoms with van der Waals surface area (Å²) < 4.78 is 47.1. The van der Waals surface area contributed by atoms with Crippen LogP contribution in [0.4, 0.5) is 23.8 Å². The van der Waals surface area contributed by atoms with Crippen LogP contribution in [0.3, 0.4) is 0 Å². The fourth-order valence-electron chi connectivity index (χ4n) is 2.53. The van der Waals surface area contributed by atoms with Crippen molar-refractivity contribution in [2.75, 3.05) is 5.32 Å². The van der Waals surface area contributed by atoms with Crippen molar-refractivity contribution in [3.63, 3.8) is 0 Å². The van der Waals surface area contributed by atoms with Crippen LogP contribution < -0.4 is 5.32 Å². The summed E-state index contributed by atoms with van der Waals surface area (Å²) in [6.45, 7) is 1.63. The Hall–Kier alpha value is -2.81. The lowest BCUT2D eigenvalue weighted by molar-refractivity contribution is -0.136. The van der Waals surface area contributed by atoms with Gasteiger partial charge < -0.3 is 4.74 Å². The number of amides is 1. The van der Waals surface area contributed by atoms with Gasteiger partial charge in [-0.1, -0.05) is 46.3 Å². The molecule has 1 amide bonds. The monoisotopic (exact) mass is 453 g/mol. The molecule has 1 N–H and O–H groups in total. The molecule has 3 aromatic rings. The van der Waals surface area contributed by atoms with E-state index < -0.39 is 29.8 Å². The van der Waals surface area contributed by atoms with Crippen molar-refractivity contribution >= 4 is 27.8 Å². The summed E-state index contributed by atoms with van der Waals surface area (Å²) >= 11 is 3.26. The van der Waals surface area contributed by atoms with Gasteiger partial charge in [0.1, 0.15) is 11.7 Å². The Labute approximate surface area is 167 Å². The van der Waals surface area contributed by atoms with Crippen LogP contribution in [0.15, 0.2) is 65.3 Å². The molecule has 146 valence electrons. The second-order valence-corrected chi connectivity index (χ2v) is 6.79. The predicted octanol–water partition coefficient (Wildman–Crippen LogP) is 5.96. The van der Waals surface area contributed by atoms with Crippen LogP contribution in [0.1, 0.15) is 24.2 Å². The van der Waals surface area contributed by atoms with E-state index in [-0.39, 0.29) is 0 Å². The van der Waals surface area contributed by atoms with Crippen molar-refractivity contribution in [1.29, 1.82) is 0 Å². The zero-order chi connectivity index (χ0) is 20.3. The first-order valence-electron chi connectivity index (χ1n) is 8.19. The first-order valence-corrected chi connectivity index (χ1v) is 8.99. The highest BCUT2D eigenvalue weighted by Crippen LogP contribution is 2.36. The summed E-state index contributed by atoms with van der Waals surface area (Å²) in [5.74, 6) is -0.514. The van der Waals surface area contributed by atoms with Gasteiger partial charge in [-0.25, -0.2) is 9.48 Å². The molecule has 0 saturated carbocycles. The molecular weight excluding hydrogens is 439 g/mol. The third-order valence-corrected chi connectivity index (χ3v) is 4.45. The van der Waals surface area contributed by atoms with E-state index in [9.17, 15) is 18.0 Å². The van der Waals surface area contributed by atoms with Gasteiger partial charge in [0.05, 0.1) is 11.9 Å². The van der Waals surface area contributed by atoms with Gasteiger partial charge in [-0.05, 0) is 36.8 Å². The molecule has 9 heteroatoms. The highest BCUT2D eigenvalue weighted by atomic mass is 79.9. The quantitative estimate of drug-likeness (QED) is 0.529. The molecule has 0 aliphatic heterocycles. The molecular formula is C19H15BrF3N3O2. The van der Waals surface area contributed by atoms with Gasteiger partial charge in [-0.3, -0.25) is 5.32 Å². The summed E-state index contributed by atoms with van der Waals surface area (Å²) in [4.78, 5) is 12.3. The second-order valence-electron chi connectivity index (χ2n) is 5.88. The van der Waals surface area contributed by atoms with Gasteiger partial charge in [0.25, 0.3) is 0 Å². The normalized spacial score (nSPS) is 12.5. The molecule has 1 heterocycles. The number of carbonyl (C=O) groups excluding carboxylic acids is 1. The molecule has 0 spiro atoms. The van der Waals surface area contributed by atoms with E-state index in [1.807, 2.05) is 6.07 Å². The minimum absolute atomic E-state index is 0.352. The van der Waals surface area contributed by atoms with Crippen molar-refractivity contribution in [3.8, 4) is 5.69 Å². The maximum Gasteiger partial charge on any atom is 0.421 e. The Morgan fingerprint density at radius 3 is 2.39 bits per heavy atom. The largest absolute Gasteiger partial charge is 0.441 e. The number of ether oxygens (including phenoxy) is 1. The smallest absolute Gasteiger partial charge is 0.421 e. The molecule has 28 heavy (non-hydrogen) atoms. The molecule has 1 unspecified atom stereocenters. The lowest BCUT2D eigenvalue weighted by Gasteiger charge is -2.16. The molecule has 1 atom stereocenters. The highest BCUT2D eigenvalue weighted by Gasteiger charge is 2.37. The summed E-state index contributed by atoms with van der Waals surface area (Å²) in [5.41, 5.74) is -0.0000437. The number of anilines is 1. The Morgan fingerprint density at radius 2 is 1.79 bits per heavy atom. The zero-order valence-corrected chi connectivity index (χ0v) is 16.2. The van der Waals surface area contributed by atoms with Crippen LogP contribution in [0.25, 0.3) is 5.69 Å². The third kappa shape index (κ3) is 4.53. The molecule has 0 saturated heterocycles. The van der Waals surface area contributed by atoms with Gasteiger partial charge in [0, 0.05) is 4.47 Å². The summed E-state index contributed by atoms with van der Waals surface area (Å²) in [6, 6.07) is 15.3. The Bertz CT molecular complexity index is 957. The van der Waals surface area contributed by atoms with Gasteiger partial charge in [0.15, 0.2) is 5.82 Å². The summed E-state index contributed by atoms with van der Waals surface area (Å²) in [6.07, 6.45) is -5.68. The average Bonchev–Trinajstić information content (AvgIpc) is 3.06. The van der Waals surface area contributed by atoms with Crippen molar-refractivity contribution in [2.45, 2.75) is 19.2 Å². The van der Waals surface area contributed by atoms with Gasteiger partial charge >= 0.3 is 12.3 Å². The lowest BCUT2D eigenvalue weighted by atomic mass is 10.1. The average molecular weight is 454 g/mol. The first-order chi connectivity index (χ1) is 13.3. The minimum atomic E-state index is -4.69. The number of alkyl halides is 3. The number of halogens is 4. The van der Waals surface area contributed by atoms with E-state index in [0.29, 0.717) is 11.9 Å². The van der Waals surface area contributed by atoms with E-state index in [2.05, 4.69) is 26.3 Å². The predicted molar refractivity (Wildman–Crippen MR) is 101 cm³/mol. The molecule has 0 aliphatic carbocycles. The fraction of sp³-hybridized carbons (Fsp3) is 0.158. The van der Waals surface area contributed by atoms with Crippen LogP contribution >= 0.6 is 15.9 Å². The third-order valence-electron chi connectivity index (χ3n) is 3.92. The van der Waals surface area contributed by atoms with Crippen LogP contribution in [0.2, 0.25) is 0 Å². The first kappa shape index (κ1) is 19.9. The number of carbonyl (C=O) groups is 1. The van der Waals surface area contributed by atoms with Crippen molar-refractivity contribution in [2.24, 2.45) is 0 Å². The SMILES string of the molecule is CC(OC(=O)Nc1c(C(F)(F)F)cnn1-c1ccc(Br)cc1)c1ccccc1. The number of hydrogen-bond donors (Lipinski definition) is 1. The lowest BCUT2D eigenvalue weighted by Crippen LogP contribution is -2.20. The number of nitrogens with zero attached hydrogens (tertiary/aromatic N) is 2. The van der Waals surface area contributed by atoms with Crippen molar-refractivity contribution in [1.82, 2.24) is 9.78 Å². The number of rotatable bonds is 4. The van der Waals surface area contributed by atoms with Crippen molar-refractivity contribution < 1.29 is 22.7 Å². The van der Waals surface area contributed by atoms with Crippen LogP contribution in [0, 0.1) is 0 Å². The van der Waals surface area contributed by atoms with Gasteiger partial charge in [-0.2, -0.15) is 18.3 Å². The Kier molecular flexibility index (Phi) is 5.73. The molecule has 0 fully saturated rings. The van der Waals surface area contributed by atoms with Crippen LogP contribution in [-0.4, -0.2) is 15.9 Å². The Balaban J connectivity index is 1.88. The summed E-state index contributed by atoms with van der Waals surface area (Å²) in [5, 5.41) is 5.97. The van der Waals surface area contributed by atoms with E-state index in [1.54, 1.807) is 55.5 Å². The standard InChI is InChI=1S/C19H15BrF3N3O2/c1-12(13-5-3-2-4-6-13)28-18(27)25-17-16(19(21,22)23)11-24-26(17)15-9-7-14(20)8-10-15/h2-12H,1H3,(H,25,27). The second kappa shape index (κ2) is 8.05. The topological polar surface area (TPSA) is 56.1 Å². The van der Waals surface area contributed by atoms with Crippen LogP contribution in [0.5, 0.6) is 0 Å². The molecule has 5 nitrogen and oxygen atoms in total. The maximum absolute atomic E-state index is 13.4. The van der Waals surface area contributed by atoms with Crippen molar-refractivity contribution in [3.05, 3.63) is 76.4 Å². The fourth-order valence-corrected chi connectivity index (χ4v) is 2.80. The van der Waals surface area contributed by atoms with Gasteiger partial charge in [-0.15, -0.1) is 0 Å². The molecule has 2 aromatic carbocycles. The number of aromatic nitrogens is 2. The molecule has 0 bridgehead atoms. The summed E-state index contributed by atoms with van der Waals surface area (Å²) in [7, 11) is 0. The minimum Gasteiger partial charge on any atom is -0.441 e. The van der Waals surface area contributed by atoms with E-state index in [1.165, 1.54) is 0 Å². The van der Waals surface area contributed by atoms with Gasteiger partial charge in [0.2, 0.25) is 0 Å². The number of nitrogens with one attached hydrogen (secondary N) is 1. The Morgan fingerprint density at radius 1 is 1.14 bits per heavy atom. The number of benzene rings is 2. The van der Waals surface area contributed by atoms with E-state index in [0.717, 1.165) is 14.7 Å². The van der Waals surface area contributed by atoms with Crippen LogP contribution in [-0.2, 0) is 10.9 Å². The molecule has 0 aliphatic rings. The highest BCUT2D eigenvalue weighted by molar-refractivity contribution is 9.10. The number of hydrogen-bond acceptors (Lipinski definition) is 3. The molecule has 3 rings (SSSR count). The maximum atomic E-state index is 13.4.